The van der Waals surface area contributed by atoms with Gasteiger partial charge in [0.15, 0.2) is 18.2 Å². The van der Waals surface area contributed by atoms with E-state index in [0.29, 0.717) is 27.4 Å². The molecular weight excluding hydrogens is 496 g/mol. The summed E-state index contributed by atoms with van der Waals surface area (Å²) in [4.78, 5) is 12.6. The molecule has 0 bridgehead atoms. The molecule has 0 unspecified atom stereocenters. The van der Waals surface area contributed by atoms with Gasteiger partial charge in [-0.3, -0.25) is 9.48 Å². The third kappa shape index (κ3) is 5.37. The molecule has 0 atom stereocenters. The molecule has 0 saturated carbocycles. The van der Waals surface area contributed by atoms with E-state index in [1.54, 1.807) is 53.5 Å². The van der Waals surface area contributed by atoms with E-state index in [1.807, 2.05) is 12.1 Å². The number of carbonyl (C=O) groups is 1. The third-order valence-electron chi connectivity index (χ3n) is 4.36. The largest absolute Gasteiger partial charge is 0.470 e. The lowest BCUT2D eigenvalue weighted by Crippen LogP contribution is -2.15. The van der Waals surface area contributed by atoms with Crippen molar-refractivity contribution in [2.45, 2.75) is 13.3 Å². The van der Waals surface area contributed by atoms with E-state index >= 15 is 0 Å². The Morgan fingerprint density at radius 3 is 2.53 bits per heavy atom. The Morgan fingerprint density at radius 2 is 1.75 bits per heavy atom. The summed E-state index contributed by atoms with van der Waals surface area (Å²) >= 11 is 24.4. The van der Waals surface area contributed by atoms with E-state index in [2.05, 4.69) is 15.5 Å². The van der Waals surface area contributed by atoms with Gasteiger partial charge in [-0.15, -0.1) is 0 Å². The molecule has 0 aliphatic rings. The van der Waals surface area contributed by atoms with Gasteiger partial charge in [0.05, 0.1) is 11.6 Å². The number of nitrogens with zero attached hydrogens (tertiary/aromatic N) is 4. The summed E-state index contributed by atoms with van der Waals surface area (Å²) < 4.78 is 8.66. The molecule has 4 rings (SSSR count). The molecule has 1 amide bonds. The predicted molar refractivity (Wildman–Crippen MR) is 125 cm³/mol. The smallest absolute Gasteiger partial charge is 0.277 e. The molecule has 0 radical (unpaired) electrons. The lowest BCUT2D eigenvalue weighted by Gasteiger charge is -2.07. The van der Waals surface area contributed by atoms with Crippen LogP contribution in [0.4, 0.5) is 5.82 Å². The van der Waals surface area contributed by atoms with Crippen LogP contribution in [0.15, 0.2) is 60.9 Å². The zero-order chi connectivity index (χ0) is 22.7. The Hall–Kier alpha value is -2.71. The van der Waals surface area contributed by atoms with Crippen molar-refractivity contribution in [3.63, 3.8) is 0 Å². The first-order valence-corrected chi connectivity index (χ1v) is 10.8. The van der Waals surface area contributed by atoms with Gasteiger partial charge < -0.3 is 10.1 Å². The number of anilines is 1. The van der Waals surface area contributed by atoms with Crippen LogP contribution in [0.1, 0.15) is 16.1 Å². The van der Waals surface area contributed by atoms with Crippen LogP contribution in [0.25, 0.3) is 0 Å². The summed E-state index contributed by atoms with van der Waals surface area (Å²) in [5, 5.41) is 13.0. The zero-order valence-electron chi connectivity index (χ0n) is 16.3. The molecule has 0 aliphatic carbocycles. The number of carbonyl (C=O) groups excluding carboxylic acids is 1. The summed E-state index contributed by atoms with van der Waals surface area (Å²) in [6.07, 6.45) is 3.21. The Morgan fingerprint density at radius 1 is 0.938 bits per heavy atom. The van der Waals surface area contributed by atoms with E-state index in [0.717, 1.165) is 5.56 Å². The monoisotopic (exact) mass is 509 g/mol. The minimum absolute atomic E-state index is 0.0915. The fraction of sp³-hybridized carbons (Fsp3) is 0.0952. The van der Waals surface area contributed by atoms with Crippen molar-refractivity contribution in [3.05, 3.63) is 92.3 Å². The van der Waals surface area contributed by atoms with Gasteiger partial charge in [0.25, 0.3) is 5.91 Å². The van der Waals surface area contributed by atoms with Crippen molar-refractivity contribution in [2.75, 3.05) is 5.32 Å². The fourth-order valence-corrected chi connectivity index (χ4v) is 3.67. The molecule has 2 heterocycles. The first kappa shape index (κ1) is 22.5. The number of para-hydroxylation sites is 1. The number of ether oxygens (including phenoxy) is 1. The van der Waals surface area contributed by atoms with Crippen molar-refractivity contribution < 1.29 is 9.53 Å². The van der Waals surface area contributed by atoms with Crippen molar-refractivity contribution in [1.82, 2.24) is 19.6 Å². The molecule has 0 spiro atoms. The standard InChI is InChI=1S/C21H15Cl4N5O2/c22-14-6-5-13(16(24)9-14)10-30-11-17(25)20(28-30)26-21(31)18-7-8-29(27-18)12-32-19-4-2-1-3-15(19)23/h1-9,11H,10,12H2,(H,26,28,31). The first-order valence-electron chi connectivity index (χ1n) is 9.28. The van der Waals surface area contributed by atoms with Gasteiger partial charge >= 0.3 is 0 Å². The van der Waals surface area contributed by atoms with E-state index < -0.39 is 5.91 Å². The topological polar surface area (TPSA) is 74.0 Å². The maximum atomic E-state index is 12.6. The van der Waals surface area contributed by atoms with E-state index in [4.69, 9.17) is 51.1 Å². The van der Waals surface area contributed by atoms with Crippen LogP contribution in [0.2, 0.25) is 20.1 Å². The average molecular weight is 511 g/mol. The van der Waals surface area contributed by atoms with Gasteiger partial charge in [0.1, 0.15) is 10.8 Å². The van der Waals surface area contributed by atoms with Crippen LogP contribution in [0, 0.1) is 0 Å². The number of nitrogens with one attached hydrogen (secondary N) is 1. The van der Waals surface area contributed by atoms with Gasteiger partial charge in [-0.05, 0) is 35.9 Å². The summed E-state index contributed by atoms with van der Waals surface area (Å²) in [5.74, 6) is 0.274. The van der Waals surface area contributed by atoms with Gasteiger partial charge in [0.2, 0.25) is 0 Å². The van der Waals surface area contributed by atoms with Gasteiger partial charge in [-0.2, -0.15) is 10.2 Å². The maximum Gasteiger partial charge on any atom is 0.277 e. The van der Waals surface area contributed by atoms with Crippen LogP contribution in [0.5, 0.6) is 5.75 Å². The average Bonchev–Trinajstić information content (AvgIpc) is 3.36. The van der Waals surface area contributed by atoms with Crippen LogP contribution < -0.4 is 10.1 Å². The minimum atomic E-state index is -0.460. The summed E-state index contributed by atoms with van der Waals surface area (Å²) in [7, 11) is 0. The second kappa shape index (κ2) is 9.83. The normalized spacial score (nSPS) is 10.9. The van der Waals surface area contributed by atoms with Gasteiger partial charge in [-0.25, -0.2) is 4.68 Å². The number of rotatable bonds is 7. The molecule has 7 nitrogen and oxygen atoms in total. The van der Waals surface area contributed by atoms with Gasteiger partial charge in [0, 0.05) is 22.4 Å². The Kier molecular flexibility index (Phi) is 6.91. The number of hydrogen-bond donors (Lipinski definition) is 1. The molecule has 2 aromatic carbocycles. The quantitative estimate of drug-likeness (QED) is 0.329. The van der Waals surface area contributed by atoms with E-state index in [1.165, 1.54) is 4.68 Å². The number of hydrogen-bond acceptors (Lipinski definition) is 4. The molecule has 0 fully saturated rings. The highest BCUT2D eigenvalue weighted by molar-refractivity contribution is 6.35. The molecule has 164 valence electrons. The van der Waals surface area contributed by atoms with Crippen molar-refractivity contribution >= 4 is 58.1 Å². The summed E-state index contributed by atoms with van der Waals surface area (Å²) in [6.45, 7) is 0.452. The number of halogens is 4. The number of benzene rings is 2. The lowest BCUT2D eigenvalue weighted by atomic mass is 10.2. The Balaban J connectivity index is 1.39. The first-order chi connectivity index (χ1) is 15.4. The number of amides is 1. The van der Waals surface area contributed by atoms with Crippen LogP contribution in [-0.2, 0) is 13.3 Å². The molecule has 11 heteroatoms. The lowest BCUT2D eigenvalue weighted by molar-refractivity contribution is 0.101. The highest BCUT2D eigenvalue weighted by Gasteiger charge is 2.15. The van der Waals surface area contributed by atoms with E-state index in [9.17, 15) is 4.79 Å². The molecule has 4 aromatic rings. The van der Waals surface area contributed by atoms with E-state index in [-0.39, 0.29) is 23.3 Å². The molecule has 0 aliphatic heterocycles. The minimum Gasteiger partial charge on any atom is -0.470 e. The highest BCUT2D eigenvalue weighted by atomic mass is 35.5. The van der Waals surface area contributed by atoms with Gasteiger partial charge in [-0.1, -0.05) is 64.6 Å². The third-order valence-corrected chi connectivity index (χ3v) is 5.53. The Bertz CT molecular complexity index is 1270. The maximum absolute atomic E-state index is 12.6. The van der Waals surface area contributed by atoms with Crippen molar-refractivity contribution in [2.24, 2.45) is 0 Å². The predicted octanol–water partition coefficient (Wildman–Crippen LogP) is 6.03. The Labute approximate surface area is 203 Å². The number of aromatic nitrogens is 4. The van der Waals surface area contributed by atoms with Crippen molar-refractivity contribution in [1.29, 1.82) is 0 Å². The second-order valence-corrected chi connectivity index (χ2v) is 8.32. The second-order valence-electron chi connectivity index (χ2n) is 6.66. The van der Waals surface area contributed by atoms with Crippen molar-refractivity contribution in [3.8, 4) is 5.75 Å². The molecule has 2 aromatic heterocycles. The SMILES string of the molecule is O=C(Nc1nn(Cc2ccc(Cl)cc2Cl)cc1Cl)c1ccn(COc2ccccc2Cl)n1. The zero-order valence-corrected chi connectivity index (χ0v) is 19.3. The highest BCUT2D eigenvalue weighted by Crippen LogP contribution is 2.25. The summed E-state index contributed by atoms with van der Waals surface area (Å²) in [6, 6.07) is 13.8. The van der Waals surface area contributed by atoms with Crippen LogP contribution in [0.3, 0.4) is 0 Å². The fourth-order valence-electron chi connectivity index (χ4n) is 2.81. The van der Waals surface area contributed by atoms with Crippen LogP contribution in [-0.4, -0.2) is 25.5 Å². The molecule has 32 heavy (non-hydrogen) atoms. The molecule has 1 N–H and O–H groups in total. The molecular formula is C21H15Cl4N5O2. The summed E-state index contributed by atoms with van der Waals surface area (Å²) in [5.41, 5.74) is 0.990. The molecule has 0 saturated heterocycles. The van der Waals surface area contributed by atoms with Crippen LogP contribution >= 0.6 is 46.4 Å².